The molecule has 1 nitrogen and oxygen atoms in total. The van der Waals surface area contributed by atoms with E-state index in [1.54, 1.807) is 6.07 Å². The molecule has 2 rings (SSSR count). The van der Waals surface area contributed by atoms with Crippen LogP contribution in [0.4, 0.5) is 13.2 Å². The standard InChI is InChI=1S/C15H13BrF3N/c16-13-8-11(17)3-2-10(13)7-12(20)5-9-1-4-14(18)15(19)6-9/h1-4,6,8,12H,5,7,20H2. The topological polar surface area (TPSA) is 26.0 Å². The molecule has 0 amide bonds. The molecule has 20 heavy (non-hydrogen) atoms. The molecule has 0 saturated carbocycles. The fourth-order valence-corrected chi connectivity index (χ4v) is 2.52. The maximum atomic E-state index is 13.1. The average Bonchev–Trinajstić information content (AvgIpc) is 2.37. The lowest BCUT2D eigenvalue weighted by atomic mass is 9.99. The largest absolute Gasteiger partial charge is 0.327 e. The Balaban J connectivity index is 2.04. The third kappa shape index (κ3) is 3.84. The predicted octanol–water partition coefficient (Wildman–Crippen LogP) is 3.98. The van der Waals surface area contributed by atoms with Gasteiger partial charge in [0.1, 0.15) is 5.82 Å². The summed E-state index contributed by atoms with van der Waals surface area (Å²) in [7, 11) is 0. The van der Waals surface area contributed by atoms with Gasteiger partial charge in [-0.25, -0.2) is 13.2 Å². The third-order valence-electron chi connectivity index (χ3n) is 2.98. The van der Waals surface area contributed by atoms with Gasteiger partial charge in [-0.05, 0) is 48.2 Å². The second-order valence-electron chi connectivity index (χ2n) is 4.65. The summed E-state index contributed by atoms with van der Waals surface area (Å²) in [6.45, 7) is 0. The molecule has 0 aliphatic carbocycles. The molecule has 2 aromatic rings. The first-order valence-electron chi connectivity index (χ1n) is 6.09. The summed E-state index contributed by atoms with van der Waals surface area (Å²) in [5.74, 6) is -2.07. The average molecular weight is 344 g/mol. The summed E-state index contributed by atoms with van der Waals surface area (Å²) in [6, 6.07) is 7.88. The summed E-state index contributed by atoms with van der Waals surface area (Å²) >= 11 is 3.28. The molecule has 1 atom stereocenters. The van der Waals surface area contributed by atoms with Gasteiger partial charge in [-0.2, -0.15) is 0 Å². The molecule has 0 aliphatic heterocycles. The minimum absolute atomic E-state index is 0.262. The summed E-state index contributed by atoms with van der Waals surface area (Å²) in [5.41, 5.74) is 7.51. The Kier molecular flexibility index (Phi) is 4.83. The monoisotopic (exact) mass is 343 g/mol. The number of nitrogens with two attached hydrogens (primary N) is 1. The van der Waals surface area contributed by atoms with Crippen LogP contribution in [0.2, 0.25) is 0 Å². The lowest BCUT2D eigenvalue weighted by molar-refractivity contribution is 0.506. The number of benzene rings is 2. The highest BCUT2D eigenvalue weighted by Gasteiger charge is 2.10. The molecule has 1 unspecified atom stereocenters. The molecule has 5 heteroatoms. The zero-order valence-corrected chi connectivity index (χ0v) is 12.1. The molecular weight excluding hydrogens is 331 g/mol. The van der Waals surface area contributed by atoms with Gasteiger partial charge in [0.25, 0.3) is 0 Å². The highest BCUT2D eigenvalue weighted by atomic mass is 79.9. The Morgan fingerprint density at radius 1 is 0.950 bits per heavy atom. The van der Waals surface area contributed by atoms with Crippen LogP contribution < -0.4 is 5.73 Å². The zero-order chi connectivity index (χ0) is 14.7. The molecule has 0 bridgehead atoms. The Morgan fingerprint density at radius 2 is 1.70 bits per heavy atom. The maximum absolute atomic E-state index is 13.1. The summed E-state index contributed by atoms with van der Waals surface area (Å²) in [6.07, 6.45) is 0.931. The molecule has 0 aliphatic rings. The molecule has 0 saturated heterocycles. The fourth-order valence-electron chi connectivity index (χ4n) is 2.01. The van der Waals surface area contributed by atoms with Crippen LogP contribution in [0.3, 0.4) is 0 Å². The van der Waals surface area contributed by atoms with Crippen LogP contribution in [0, 0.1) is 17.5 Å². The third-order valence-corrected chi connectivity index (χ3v) is 3.72. The van der Waals surface area contributed by atoms with E-state index in [0.29, 0.717) is 22.9 Å². The molecule has 0 aromatic heterocycles. The first-order valence-corrected chi connectivity index (χ1v) is 6.88. The van der Waals surface area contributed by atoms with Crippen molar-refractivity contribution >= 4 is 15.9 Å². The minimum atomic E-state index is -0.877. The number of rotatable bonds is 4. The van der Waals surface area contributed by atoms with Crippen LogP contribution in [0.25, 0.3) is 0 Å². The summed E-state index contributed by atoms with van der Waals surface area (Å²) in [5, 5.41) is 0. The van der Waals surface area contributed by atoms with E-state index in [9.17, 15) is 13.2 Å². The molecule has 0 heterocycles. The molecule has 0 spiro atoms. The number of hydrogen-bond donors (Lipinski definition) is 1. The normalized spacial score (nSPS) is 12.4. The Hall–Kier alpha value is -1.33. The van der Waals surface area contributed by atoms with Crippen molar-refractivity contribution in [3.05, 3.63) is 69.4 Å². The van der Waals surface area contributed by atoms with Gasteiger partial charge in [-0.3, -0.25) is 0 Å². The van der Waals surface area contributed by atoms with Gasteiger partial charge in [-0.15, -0.1) is 0 Å². The predicted molar refractivity (Wildman–Crippen MR) is 75.8 cm³/mol. The van der Waals surface area contributed by atoms with Gasteiger partial charge in [0.15, 0.2) is 11.6 Å². The second-order valence-corrected chi connectivity index (χ2v) is 5.51. The summed E-state index contributed by atoms with van der Waals surface area (Å²) < 4.78 is 39.6. The number of hydrogen-bond acceptors (Lipinski definition) is 1. The van der Waals surface area contributed by atoms with Crippen LogP contribution in [0.15, 0.2) is 40.9 Å². The van der Waals surface area contributed by atoms with E-state index in [-0.39, 0.29) is 11.9 Å². The quantitative estimate of drug-likeness (QED) is 0.892. The lowest BCUT2D eigenvalue weighted by Crippen LogP contribution is -2.25. The smallest absolute Gasteiger partial charge is 0.159 e. The van der Waals surface area contributed by atoms with Crippen molar-refractivity contribution in [2.24, 2.45) is 5.73 Å². The van der Waals surface area contributed by atoms with Crippen LogP contribution in [-0.2, 0) is 12.8 Å². The molecule has 0 radical (unpaired) electrons. The first-order chi connectivity index (χ1) is 9.45. The molecule has 2 N–H and O–H groups in total. The Labute approximate surface area is 123 Å². The second kappa shape index (κ2) is 6.41. The van der Waals surface area contributed by atoms with Crippen molar-refractivity contribution in [1.82, 2.24) is 0 Å². The van der Waals surface area contributed by atoms with E-state index >= 15 is 0 Å². The SMILES string of the molecule is NC(Cc1ccc(F)c(F)c1)Cc1ccc(F)cc1Br. The molecular formula is C15H13BrF3N. The van der Waals surface area contributed by atoms with Crippen molar-refractivity contribution in [3.63, 3.8) is 0 Å². The van der Waals surface area contributed by atoms with E-state index in [2.05, 4.69) is 15.9 Å². The Bertz CT molecular complexity index is 616. The highest BCUT2D eigenvalue weighted by molar-refractivity contribution is 9.10. The van der Waals surface area contributed by atoms with Crippen LogP contribution >= 0.6 is 15.9 Å². The van der Waals surface area contributed by atoms with E-state index in [0.717, 1.165) is 17.7 Å². The molecule has 0 fully saturated rings. The van der Waals surface area contributed by atoms with Crippen molar-refractivity contribution < 1.29 is 13.2 Å². The molecule has 106 valence electrons. The minimum Gasteiger partial charge on any atom is -0.327 e. The van der Waals surface area contributed by atoms with Crippen LogP contribution in [-0.4, -0.2) is 6.04 Å². The molecule has 2 aromatic carbocycles. The van der Waals surface area contributed by atoms with E-state index < -0.39 is 11.6 Å². The lowest BCUT2D eigenvalue weighted by Gasteiger charge is -2.13. The van der Waals surface area contributed by atoms with E-state index in [1.165, 1.54) is 18.2 Å². The van der Waals surface area contributed by atoms with Crippen molar-refractivity contribution in [3.8, 4) is 0 Å². The van der Waals surface area contributed by atoms with Crippen LogP contribution in [0.1, 0.15) is 11.1 Å². The van der Waals surface area contributed by atoms with E-state index in [1.807, 2.05) is 0 Å². The van der Waals surface area contributed by atoms with Gasteiger partial charge in [-0.1, -0.05) is 28.1 Å². The number of halogens is 4. The van der Waals surface area contributed by atoms with Gasteiger partial charge >= 0.3 is 0 Å². The van der Waals surface area contributed by atoms with Crippen molar-refractivity contribution in [1.29, 1.82) is 0 Å². The van der Waals surface area contributed by atoms with Gasteiger partial charge < -0.3 is 5.73 Å². The van der Waals surface area contributed by atoms with Gasteiger partial charge in [0, 0.05) is 10.5 Å². The maximum Gasteiger partial charge on any atom is 0.159 e. The zero-order valence-electron chi connectivity index (χ0n) is 10.5. The van der Waals surface area contributed by atoms with Crippen LogP contribution in [0.5, 0.6) is 0 Å². The van der Waals surface area contributed by atoms with Gasteiger partial charge in [0.2, 0.25) is 0 Å². The first kappa shape index (κ1) is 15.1. The fraction of sp³-hybridized carbons (Fsp3) is 0.200. The van der Waals surface area contributed by atoms with Gasteiger partial charge in [0.05, 0.1) is 0 Å². The van der Waals surface area contributed by atoms with Crippen molar-refractivity contribution in [2.45, 2.75) is 18.9 Å². The highest BCUT2D eigenvalue weighted by Crippen LogP contribution is 2.20. The van der Waals surface area contributed by atoms with E-state index in [4.69, 9.17) is 5.73 Å². The van der Waals surface area contributed by atoms with Crippen molar-refractivity contribution in [2.75, 3.05) is 0 Å². The summed E-state index contributed by atoms with van der Waals surface area (Å²) in [4.78, 5) is 0. The Morgan fingerprint density at radius 3 is 2.35 bits per heavy atom.